The van der Waals surface area contributed by atoms with Crippen LogP contribution in [0.4, 0.5) is 26.2 Å². The van der Waals surface area contributed by atoms with E-state index in [4.69, 9.17) is 9.72 Å². The molecule has 0 spiro atoms. The van der Waals surface area contributed by atoms with Crippen LogP contribution in [-0.4, -0.2) is 58.7 Å². The van der Waals surface area contributed by atoms with Crippen molar-refractivity contribution in [3.63, 3.8) is 0 Å². The van der Waals surface area contributed by atoms with Gasteiger partial charge in [-0.1, -0.05) is 6.07 Å². The molecule has 0 amide bonds. The molecule has 1 aliphatic carbocycles. The minimum absolute atomic E-state index is 0.0295. The summed E-state index contributed by atoms with van der Waals surface area (Å²) >= 11 is 0. The molecular formula is C30H36F2N6O. The Morgan fingerprint density at radius 1 is 1.00 bits per heavy atom. The fourth-order valence-electron chi connectivity index (χ4n) is 5.80. The Hall–Kier alpha value is -3.33. The van der Waals surface area contributed by atoms with Gasteiger partial charge in [-0.05, 0) is 96.3 Å². The number of nitrogens with zero attached hydrogens (tertiary/aromatic N) is 5. The van der Waals surface area contributed by atoms with Crippen molar-refractivity contribution in [2.45, 2.75) is 70.4 Å². The first-order valence-electron chi connectivity index (χ1n) is 14.0. The van der Waals surface area contributed by atoms with Crippen LogP contribution in [0.25, 0.3) is 11.3 Å². The summed E-state index contributed by atoms with van der Waals surface area (Å²) in [4.78, 5) is 18.0. The number of pyridine rings is 1. The Morgan fingerprint density at radius 2 is 1.77 bits per heavy atom. The summed E-state index contributed by atoms with van der Waals surface area (Å²) in [5.41, 5.74) is 3.49. The number of hydrogen-bond donors (Lipinski definition) is 1. The number of fused-ring (bicyclic) bond motifs is 1. The number of likely N-dealkylation sites (tertiary alicyclic amines) is 1. The van der Waals surface area contributed by atoms with Crippen LogP contribution in [0.5, 0.6) is 5.75 Å². The van der Waals surface area contributed by atoms with Crippen LogP contribution < -0.4 is 15.0 Å². The van der Waals surface area contributed by atoms with Crippen molar-refractivity contribution < 1.29 is 13.5 Å². The van der Waals surface area contributed by atoms with Crippen LogP contribution in [0.2, 0.25) is 0 Å². The van der Waals surface area contributed by atoms with Crippen molar-refractivity contribution >= 4 is 17.5 Å². The molecule has 1 saturated carbocycles. The van der Waals surface area contributed by atoms with Gasteiger partial charge in [0.2, 0.25) is 5.95 Å². The molecule has 3 aliphatic rings. The zero-order valence-corrected chi connectivity index (χ0v) is 23.0. The molecule has 2 fully saturated rings. The molecule has 1 saturated heterocycles. The lowest BCUT2D eigenvalue weighted by molar-refractivity contribution is 0.199. The van der Waals surface area contributed by atoms with Crippen LogP contribution in [-0.2, 0) is 0 Å². The van der Waals surface area contributed by atoms with E-state index in [0.717, 1.165) is 50.7 Å². The van der Waals surface area contributed by atoms with Gasteiger partial charge in [0.15, 0.2) is 17.4 Å². The van der Waals surface area contributed by atoms with Gasteiger partial charge >= 0.3 is 0 Å². The summed E-state index contributed by atoms with van der Waals surface area (Å²) in [6.07, 6.45) is 5.58. The second-order valence-corrected chi connectivity index (χ2v) is 11.5. The molecule has 9 heteroatoms. The number of hydrogen-bond acceptors (Lipinski definition) is 7. The van der Waals surface area contributed by atoms with Gasteiger partial charge in [-0.15, -0.1) is 0 Å². The van der Waals surface area contributed by atoms with E-state index < -0.39 is 11.6 Å². The highest BCUT2D eigenvalue weighted by Gasteiger charge is 2.32. The van der Waals surface area contributed by atoms with E-state index in [1.165, 1.54) is 11.6 Å². The highest BCUT2D eigenvalue weighted by atomic mass is 19.1. The van der Waals surface area contributed by atoms with Gasteiger partial charge in [-0.25, -0.2) is 23.7 Å². The largest absolute Gasteiger partial charge is 0.484 e. The number of aromatic nitrogens is 3. The van der Waals surface area contributed by atoms with E-state index in [0.29, 0.717) is 35.4 Å². The van der Waals surface area contributed by atoms with Crippen LogP contribution in [0.3, 0.4) is 0 Å². The van der Waals surface area contributed by atoms with E-state index in [1.54, 1.807) is 6.07 Å². The Bertz CT molecular complexity index is 1370. The summed E-state index contributed by atoms with van der Waals surface area (Å²) in [5, 5.41) is 3.17. The van der Waals surface area contributed by atoms with Gasteiger partial charge in [0.25, 0.3) is 0 Å². The quantitative estimate of drug-likeness (QED) is 0.401. The molecule has 1 atom stereocenters. The van der Waals surface area contributed by atoms with Crippen LogP contribution in [0, 0.1) is 11.6 Å². The molecule has 2 aliphatic heterocycles. The summed E-state index contributed by atoms with van der Waals surface area (Å²) < 4.78 is 36.0. The smallest absolute Gasteiger partial charge is 0.229 e. The van der Waals surface area contributed by atoms with E-state index in [-0.39, 0.29) is 29.5 Å². The van der Waals surface area contributed by atoms with Crippen molar-refractivity contribution in [2.24, 2.45) is 0 Å². The minimum atomic E-state index is -0.620. The zero-order chi connectivity index (χ0) is 27.3. The lowest BCUT2D eigenvalue weighted by Crippen LogP contribution is -2.42. The maximum Gasteiger partial charge on any atom is 0.229 e. The number of ether oxygens (including phenoxy) is 1. The summed E-state index contributed by atoms with van der Waals surface area (Å²) in [6.45, 7) is 8.82. The van der Waals surface area contributed by atoms with Gasteiger partial charge in [-0.2, -0.15) is 0 Å². The average Bonchev–Trinajstić information content (AvgIpc) is 3.76. The van der Waals surface area contributed by atoms with Gasteiger partial charge in [0.05, 0.1) is 18.4 Å². The topological polar surface area (TPSA) is 66.4 Å². The Kier molecular flexibility index (Phi) is 6.87. The zero-order valence-electron chi connectivity index (χ0n) is 23.0. The van der Waals surface area contributed by atoms with Gasteiger partial charge < -0.3 is 19.9 Å². The monoisotopic (exact) mass is 534 g/mol. The molecule has 0 bridgehead atoms. The third-order valence-corrected chi connectivity index (χ3v) is 8.07. The molecule has 7 nitrogen and oxygen atoms in total. The summed E-state index contributed by atoms with van der Waals surface area (Å²) in [7, 11) is 2.17. The fourth-order valence-corrected chi connectivity index (χ4v) is 5.80. The van der Waals surface area contributed by atoms with Crippen LogP contribution in [0.1, 0.15) is 69.5 Å². The van der Waals surface area contributed by atoms with Gasteiger partial charge in [0, 0.05) is 23.2 Å². The Labute approximate surface area is 228 Å². The lowest BCUT2D eigenvalue weighted by Gasteiger charge is -2.38. The van der Waals surface area contributed by atoms with Gasteiger partial charge in [-0.3, -0.25) is 0 Å². The number of nitrogens with one attached hydrogen (secondary N) is 1. The molecule has 6 rings (SSSR count). The molecule has 4 heterocycles. The van der Waals surface area contributed by atoms with E-state index in [2.05, 4.69) is 38.2 Å². The summed E-state index contributed by atoms with van der Waals surface area (Å²) in [5.74, 6) is 0.924. The first-order chi connectivity index (χ1) is 18.8. The predicted octanol–water partition coefficient (Wildman–Crippen LogP) is 6.24. The Balaban J connectivity index is 1.30. The third-order valence-electron chi connectivity index (χ3n) is 8.07. The van der Waals surface area contributed by atoms with Crippen LogP contribution >= 0.6 is 0 Å². The maximum absolute atomic E-state index is 15.2. The van der Waals surface area contributed by atoms with E-state index in [1.807, 2.05) is 26.8 Å². The molecule has 39 heavy (non-hydrogen) atoms. The number of anilines is 3. The van der Waals surface area contributed by atoms with Crippen molar-refractivity contribution in [2.75, 3.05) is 36.9 Å². The van der Waals surface area contributed by atoms with Crippen molar-refractivity contribution in [1.29, 1.82) is 0 Å². The van der Waals surface area contributed by atoms with Crippen molar-refractivity contribution in [3.8, 4) is 17.0 Å². The average molecular weight is 535 g/mol. The molecule has 1 aromatic carbocycles. The number of piperidine rings is 1. The molecule has 1 unspecified atom stereocenters. The standard InChI is InChI=1S/C30H36F2N6O/c1-17(2)38-16-18(3)39-29-23(31)13-21(14-25(29)38)28-24(32)15-33-30(36-28)35-26-8-7-22(27(34-26)20-5-6-20)19-9-11-37(4)12-10-19/h7-8,13-15,17-20H,5-6,9-12,16H2,1-4H3,(H,33,34,35,36). The molecular weight excluding hydrogens is 498 g/mol. The maximum atomic E-state index is 15.2. The highest BCUT2D eigenvalue weighted by Crippen LogP contribution is 2.45. The van der Waals surface area contributed by atoms with Crippen molar-refractivity contribution in [1.82, 2.24) is 19.9 Å². The highest BCUT2D eigenvalue weighted by molar-refractivity contribution is 5.73. The number of rotatable bonds is 6. The number of halogens is 2. The fraction of sp³-hybridized carbons (Fsp3) is 0.500. The first-order valence-corrected chi connectivity index (χ1v) is 14.0. The molecule has 3 aromatic rings. The molecule has 1 N–H and O–H groups in total. The summed E-state index contributed by atoms with van der Waals surface area (Å²) in [6, 6.07) is 7.30. The second kappa shape index (κ2) is 10.3. The number of benzene rings is 1. The SMILES string of the molecule is CC1CN(C(C)C)c2cc(-c3nc(Nc4ccc(C5CCN(C)CC5)c(C5CC5)n4)ncc3F)cc(F)c2O1. The van der Waals surface area contributed by atoms with E-state index >= 15 is 8.78 Å². The van der Waals surface area contributed by atoms with E-state index in [9.17, 15) is 0 Å². The Morgan fingerprint density at radius 3 is 2.49 bits per heavy atom. The molecule has 2 aromatic heterocycles. The second-order valence-electron chi connectivity index (χ2n) is 11.5. The predicted molar refractivity (Wildman–Crippen MR) is 149 cm³/mol. The third kappa shape index (κ3) is 5.29. The first kappa shape index (κ1) is 25.9. The normalized spacial score (nSPS) is 20.2. The molecule has 0 radical (unpaired) electrons. The van der Waals surface area contributed by atoms with Gasteiger partial charge in [0.1, 0.15) is 17.6 Å². The minimum Gasteiger partial charge on any atom is -0.484 e. The molecule has 206 valence electrons. The van der Waals surface area contributed by atoms with Crippen molar-refractivity contribution in [3.05, 3.63) is 53.4 Å². The van der Waals surface area contributed by atoms with Crippen LogP contribution in [0.15, 0.2) is 30.5 Å². The lowest BCUT2D eigenvalue weighted by atomic mass is 9.87.